The van der Waals surface area contributed by atoms with Crippen molar-refractivity contribution >= 4 is 84.7 Å². The summed E-state index contributed by atoms with van der Waals surface area (Å²) in [4.78, 5) is 39.1. The Morgan fingerprint density at radius 2 is 1.77 bits per heavy atom. The van der Waals surface area contributed by atoms with Gasteiger partial charge in [-0.1, -0.05) is 51.3 Å². The zero-order valence-electron chi connectivity index (χ0n) is 17.5. The fourth-order valence-corrected chi connectivity index (χ4v) is 4.96. The number of nitrogens with one attached hydrogen (secondary N) is 1. The van der Waals surface area contributed by atoms with Gasteiger partial charge in [-0.2, -0.15) is 0 Å². The van der Waals surface area contributed by atoms with Gasteiger partial charge in [0.25, 0.3) is 11.8 Å². The summed E-state index contributed by atoms with van der Waals surface area (Å²) in [7, 11) is 0. The molecule has 1 fully saturated rings. The summed E-state index contributed by atoms with van der Waals surface area (Å²) in [5, 5.41) is 2.53. The molecule has 3 aromatic rings. The van der Waals surface area contributed by atoms with E-state index in [4.69, 9.17) is 27.9 Å². The van der Waals surface area contributed by atoms with E-state index in [9.17, 15) is 18.8 Å². The molecule has 11 heteroatoms. The average molecular weight is 643 g/mol. The molecule has 0 bridgehead atoms. The lowest BCUT2D eigenvalue weighted by Gasteiger charge is -2.26. The number of rotatable bonds is 5. The first-order valence-corrected chi connectivity index (χ1v) is 12.2. The van der Waals surface area contributed by atoms with Gasteiger partial charge in [0.2, 0.25) is 0 Å². The number of anilines is 1. The molecule has 0 aromatic heterocycles. The molecule has 3 aromatic carbocycles. The number of benzene rings is 3. The van der Waals surface area contributed by atoms with Gasteiger partial charge in [0.15, 0.2) is 0 Å². The van der Waals surface area contributed by atoms with Crippen LogP contribution in [0.25, 0.3) is 6.08 Å². The number of ether oxygens (including phenoxy) is 1. The molecule has 0 atom stereocenters. The number of carbonyl (C=O) groups excluding carboxylic acids is 3. The molecule has 1 aliphatic heterocycles. The number of barbiturate groups is 1. The Morgan fingerprint density at radius 1 is 1.00 bits per heavy atom. The summed E-state index contributed by atoms with van der Waals surface area (Å²) in [6.07, 6.45) is 1.31. The Balaban J connectivity index is 1.72. The Kier molecular flexibility index (Phi) is 7.61. The number of carbonyl (C=O) groups is 3. The normalized spacial score (nSPS) is 14.9. The predicted molar refractivity (Wildman–Crippen MR) is 138 cm³/mol. The lowest BCUT2D eigenvalue weighted by molar-refractivity contribution is -0.122. The zero-order chi connectivity index (χ0) is 25.3. The van der Waals surface area contributed by atoms with E-state index < -0.39 is 23.7 Å². The van der Waals surface area contributed by atoms with Gasteiger partial charge in [-0.05, 0) is 70.0 Å². The zero-order valence-corrected chi connectivity index (χ0v) is 22.1. The van der Waals surface area contributed by atoms with Crippen LogP contribution in [0.4, 0.5) is 14.9 Å². The molecule has 1 N–H and O–H groups in total. The fraction of sp³-hybridized carbons (Fsp3) is 0.0417. The molecular weight excluding hydrogens is 630 g/mol. The smallest absolute Gasteiger partial charge is 0.335 e. The number of hydrogen-bond donors (Lipinski definition) is 1. The molecular formula is C24H13Br2Cl2FN2O4. The number of imide groups is 2. The highest BCUT2D eigenvalue weighted by atomic mass is 79.9. The molecule has 35 heavy (non-hydrogen) atoms. The Labute approximate surface area is 225 Å². The van der Waals surface area contributed by atoms with E-state index in [2.05, 4.69) is 37.2 Å². The van der Waals surface area contributed by atoms with E-state index in [1.54, 1.807) is 24.3 Å². The van der Waals surface area contributed by atoms with E-state index in [1.807, 2.05) is 0 Å². The minimum Gasteiger partial charge on any atom is -0.487 e. The topological polar surface area (TPSA) is 75.7 Å². The molecule has 1 heterocycles. The van der Waals surface area contributed by atoms with Crippen LogP contribution in [0.3, 0.4) is 0 Å². The highest BCUT2D eigenvalue weighted by Crippen LogP contribution is 2.36. The lowest BCUT2D eigenvalue weighted by atomic mass is 10.1. The van der Waals surface area contributed by atoms with Gasteiger partial charge < -0.3 is 4.74 Å². The van der Waals surface area contributed by atoms with Gasteiger partial charge in [-0.3, -0.25) is 14.9 Å². The summed E-state index contributed by atoms with van der Waals surface area (Å²) < 4.78 is 20.6. The van der Waals surface area contributed by atoms with Crippen LogP contribution in [0.5, 0.6) is 5.75 Å². The summed E-state index contributed by atoms with van der Waals surface area (Å²) in [6, 6.07) is 12.6. The maximum absolute atomic E-state index is 13.5. The van der Waals surface area contributed by atoms with Crippen LogP contribution in [0.1, 0.15) is 11.1 Å². The van der Waals surface area contributed by atoms with E-state index in [1.165, 1.54) is 36.4 Å². The maximum atomic E-state index is 13.5. The molecule has 1 aliphatic rings. The quantitative estimate of drug-likeness (QED) is 0.243. The largest absolute Gasteiger partial charge is 0.487 e. The van der Waals surface area contributed by atoms with Crippen molar-refractivity contribution in [3.05, 3.63) is 96.1 Å². The third kappa shape index (κ3) is 5.59. The average Bonchev–Trinajstić information content (AvgIpc) is 2.78. The first-order chi connectivity index (χ1) is 16.6. The number of urea groups is 1. The van der Waals surface area contributed by atoms with Crippen molar-refractivity contribution in [3.63, 3.8) is 0 Å². The third-order valence-electron chi connectivity index (χ3n) is 4.87. The molecule has 4 amide bonds. The van der Waals surface area contributed by atoms with Crippen LogP contribution in [0.2, 0.25) is 10.0 Å². The number of halogens is 5. The van der Waals surface area contributed by atoms with Crippen LogP contribution in [0.15, 0.2) is 69.1 Å². The van der Waals surface area contributed by atoms with Crippen LogP contribution in [-0.4, -0.2) is 17.8 Å². The summed E-state index contributed by atoms with van der Waals surface area (Å²) >= 11 is 18.8. The Bertz CT molecular complexity index is 1410. The second-order valence-electron chi connectivity index (χ2n) is 7.28. The Hall–Kier alpha value is -2.72. The number of hydrogen-bond acceptors (Lipinski definition) is 4. The predicted octanol–water partition coefficient (Wildman–Crippen LogP) is 6.90. The van der Waals surface area contributed by atoms with Crippen molar-refractivity contribution in [2.75, 3.05) is 4.90 Å². The molecule has 1 saturated heterocycles. The molecule has 0 unspecified atom stereocenters. The number of nitrogens with zero attached hydrogens (tertiary/aromatic N) is 1. The first-order valence-electron chi connectivity index (χ1n) is 9.87. The maximum Gasteiger partial charge on any atom is 0.335 e. The van der Waals surface area contributed by atoms with E-state index >= 15 is 0 Å². The van der Waals surface area contributed by atoms with Gasteiger partial charge in [-0.25, -0.2) is 14.1 Å². The molecule has 178 valence electrons. The summed E-state index contributed by atoms with van der Waals surface area (Å²) in [5.41, 5.74) is 0.778. The second-order valence-corrected chi connectivity index (χ2v) is 9.87. The molecule has 0 spiro atoms. The van der Waals surface area contributed by atoms with Crippen molar-refractivity contribution in [1.29, 1.82) is 0 Å². The fourth-order valence-electron chi connectivity index (χ4n) is 3.29. The number of amides is 4. The first kappa shape index (κ1) is 25.4. The molecule has 0 aliphatic carbocycles. The van der Waals surface area contributed by atoms with Crippen molar-refractivity contribution in [3.8, 4) is 5.75 Å². The third-order valence-corrected chi connectivity index (χ3v) is 6.66. The highest BCUT2D eigenvalue weighted by Gasteiger charge is 2.37. The minimum absolute atomic E-state index is 0.0300. The van der Waals surface area contributed by atoms with Gasteiger partial charge in [0, 0.05) is 10.0 Å². The van der Waals surface area contributed by atoms with Crippen LogP contribution in [0, 0.1) is 5.82 Å². The van der Waals surface area contributed by atoms with Crippen molar-refractivity contribution in [2.24, 2.45) is 0 Å². The molecule has 0 saturated carbocycles. The SMILES string of the molecule is O=C1NC(=O)N(c2ccc(Cl)c(Cl)c2)C(=O)/C1=C/c1cc(Br)cc(Br)c1OCc1cccc(F)c1. The van der Waals surface area contributed by atoms with Crippen molar-refractivity contribution < 1.29 is 23.5 Å². The van der Waals surface area contributed by atoms with Gasteiger partial charge >= 0.3 is 6.03 Å². The monoisotopic (exact) mass is 640 g/mol. The van der Waals surface area contributed by atoms with Crippen LogP contribution < -0.4 is 15.0 Å². The Morgan fingerprint density at radius 3 is 2.49 bits per heavy atom. The minimum atomic E-state index is -0.923. The summed E-state index contributed by atoms with van der Waals surface area (Å²) in [5.74, 6) is -1.82. The molecule has 4 rings (SSSR count). The van der Waals surface area contributed by atoms with Crippen molar-refractivity contribution in [2.45, 2.75) is 6.61 Å². The highest BCUT2D eigenvalue weighted by molar-refractivity contribution is 9.11. The van der Waals surface area contributed by atoms with Gasteiger partial charge in [-0.15, -0.1) is 0 Å². The lowest BCUT2D eigenvalue weighted by Crippen LogP contribution is -2.54. The van der Waals surface area contributed by atoms with E-state index in [-0.39, 0.29) is 27.9 Å². The van der Waals surface area contributed by atoms with Crippen LogP contribution in [-0.2, 0) is 16.2 Å². The van der Waals surface area contributed by atoms with Gasteiger partial charge in [0.05, 0.1) is 20.2 Å². The second kappa shape index (κ2) is 10.5. The van der Waals surface area contributed by atoms with Crippen molar-refractivity contribution in [1.82, 2.24) is 5.32 Å². The molecule has 0 radical (unpaired) electrons. The summed E-state index contributed by atoms with van der Waals surface area (Å²) in [6.45, 7) is 0.0300. The standard InChI is InChI=1S/C24H13Br2Cl2FN2O4/c25-14-7-13(21(18(26)9-14)35-11-12-2-1-3-15(29)6-12)8-17-22(32)30-24(34)31(23(17)33)16-4-5-19(27)20(28)10-16/h1-10H,11H2,(H,30,32,34)/b17-8+. The molecule has 6 nitrogen and oxygen atoms in total. The van der Waals surface area contributed by atoms with E-state index in [0.717, 1.165) is 4.90 Å². The van der Waals surface area contributed by atoms with Gasteiger partial charge in [0.1, 0.15) is 23.7 Å². The van der Waals surface area contributed by atoms with Crippen LogP contribution >= 0.6 is 55.1 Å². The van der Waals surface area contributed by atoms with E-state index in [0.29, 0.717) is 25.8 Å².